The van der Waals surface area contributed by atoms with Gasteiger partial charge in [-0.2, -0.15) is 13.2 Å². The average molecular weight is 403 g/mol. The van der Waals surface area contributed by atoms with E-state index in [2.05, 4.69) is 17.0 Å². The van der Waals surface area contributed by atoms with Crippen LogP contribution >= 0.6 is 0 Å². The molecule has 6 heteroatoms. The predicted molar refractivity (Wildman–Crippen MR) is 103 cm³/mol. The molecule has 2 bridgehead atoms. The van der Waals surface area contributed by atoms with Crippen LogP contribution < -0.4 is 0 Å². The number of nitrogens with zero attached hydrogens (tertiary/aromatic N) is 1. The van der Waals surface area contributed by atoms with Crippen LogP contribution in [0, 0.1) is 5.92 Å². The first-order valence-electron chi connectivity index (χ1n) is 9.96. The number of carbonyl (C=O) groups excluding carboxylic acids is 1. The molecule has 0 N–H and O–H groups in total. The van der Waals surface area contributed by atoms with Crippen LogP contribution in [0.3, 0.4) is 0 Å². The summed E-state index contributed by atoms with van der Waals surface area (Å²) < 4.78 is 44.5. The van der Waals surface area contributed by atoms with E-state index in [1.165, 1.54) is 11.6 Å². The summed E-state index contributed by atoms with van der Waals surface area (Å²) >= 11 is 0. The maximum Gasteiger partial charge on any atom is 0.416 e. The summed E-state index contributed by atoms with van der Waals surface area (Å²) in [6.07, 6.45) is -2.95. The highest BCUT2D eigenvalue weighted by atomic mass is 19.4. The molecular weight excluding hydrogens is 379 g/mol. The Bertz CT molecular complexity index is 839. The van der Waals surface area contributed by atoms with Gasteiger partial charge in [0.1, 0.15) is 5.78 Å². The van der Waals surface area contributed by atoms with Crippen molar-refractivity contribution < 1.29 is 22.7 Å². The van der Waals surface area contributed by atoms with Crippen molar-refractivity contribution in [3.63, 3.8) is 0 Å². The van der Waals surface area contributed by atoms with Gasteiger partial charge in [0.15, 0.2) is 0 Å². The number of ketones is 1. The predicted octanol–water partition coefficient (Wildman–Crippen LogP) is 4.50. The molecule has 0 radical (unpaired) electrons. The summed E-state index contributed by atoms with van der Waals surface area (Å²) in [7, 11) is 0. The van der Waals surface area contributed by atoms with Gasteiger partial charge < -0.3 is 4.74 Å². The number of Topliss-reactive ketones (excluding diaryl/α,β-unsaturated/α-hetero) is 1. The largest absolute Gasteiger partial charge is 0.416 e. The Morgan fingerprint density at radius 3 is 2.28 bits per heavy atom. The Kier molecular flexibility index (Phi) is 5.74. The second-order valence-electron chi connectivity index (χ2n) is 8.01. The Hall–Kier alpha value is -2.18. The second-order valence-corrected chi connectivity index (χ2v) is 8.01. The van der Waals surface area contributed by atoms with Crippen molar-refractivity contribution in [2.75, 3.05) is 13.2 Å². The zero-order valence-corrected chi connectivity index (χ0v) is 16.1. The van der Waals surface area contributed by atoms with Crippen LogP contribution in [0.2, 0.25) is 0 Å². The monoisotopic (exact) mass is 403 g/mol. The number of carbonyl (C=O) groups is 1. The van der Waals surface area contributed by atoms with Gasteiger partial charge in [0, 0.05) is 31.0 Å². The Morgan fingerprint density at radius 1 is 0.966 bits per heavy atom. The summed E-state index contributed by atoms with van der Waals surface area (Å²) in [4.78, 5) is 15.3. The van der Waals surface area contributed by atoms with E-state index in [9.17, 15) is 18.0 Å². The number of alkyl halides is 3. The van der Waals surface area contributed by atoms with Crippen molar-refractivity contribution in [3.8, 4) is 0 Å². The van der Waals surface area contributed by atoms with Gasteiger partial charge in [-0.15, -0.1) is 0 Å². The molecule has 2 aliphatic heterocycles. The van der Waals surface area contributed by atoms with Crippen molar-refractivity contribution in [1.82, 2.24) is 4.90 Å². The Labute approximate surface area is 168 Å². The number of rotatable bonds is 5. The van der Waals surface area contributed by atoms with E-state index in [0.717, 1.165) is 18.7 Å². The Balaban J connectivity index is 1.43. The molecule has 2 heterocycles. The fourth-order valence-electron chi connectivity index (χ4n) is 4.51. The van der Waals surface area contributed by atoms with E-state index in [1.54, 1.807) is 6.07 Å². The van der Waals surface area contributed by atoms with Crippen LogP contribution in [-0.2, 0) is 28.7 Å². The summed E-state index contributed by atoms with van der Waals surface area (Å²) in [5, 5.41) is 0. The van der Waals surface area contributed by atoms with Crippen LogP contribution in [0.15, 0.2) is 54.6 Å². The molecule has 2 aromatic carbocycles. The minimum atomic E-state index is -4.39. The topological polar surface area (TPSA) is 29.5 Å². The van der Waals surface area contributed by atoms with Gasteiger partial charge in [-0.25, -0.2) is 0 Å². The maximum atomic E-state index is 12.9. The Morgan fingerprint density at radius 2 is 1.62 bits per heavy atom. The molecule has 0 spiro atoms. The highest BCUT2D eigenvalue weighted by Gasteiger charge is 2.41. The first kappa shape index (κ1) is 20.1. The number of piperidine rings is 1. The van der Waals surface area contributed by atoms with Gasteiger partial charge in [0.05, 0.1) is 18.8 Å². The number of fused-ring (bicyclic) bond motifs is 2. The lowest BCUT2D eigenvalue weighted by Crippen LogP contribution is -2.57. The molecule has 0 aromatic heterocycles. The molecule has 0 aliphatic carbocycles. The molecule has 29 heavy (non-hydrogen) atoms. The van der Waals surface area contributed by atoms with Crippen LogP contribution in [-0.4, -0.2) is 36.0 Å². The molecule has 2 unspecified atom stereocenters. The van der Waals surface area contributed by atoms with Gasteiger partial charge in [-0.3, -0.25) is 9.69 Å². The minimum absolute atomic E-state index is 0.0283. The highest BCUT2D eigenvalue weighted by molar-refractivity contribution is 5.83. The molecule has 2 atom stereocenters. The van der Waals surface area contributed by atoms with Crippen molar-refractivity contribution >= 4 is 5.78 Å². The lowest BCUT2D eigenvalue weighted by Gasteiger charge is -2.48. The molecular formula is C23H24F3NO2. The molecule has 154 valence electrons. The van der Waals surface area contributed by atoms with Crippen LogP contribution in [0.1, 0.15) is 29.5 Å². The summed E-state index contributed by atoms with van der Waals surface area (Å²) in [6, 6.07) is 15.7. The fraction of sp³-hybridized carbons (Fsp3) is 0.435. The maximum absolute atomic E-state index is 12.9. The molecule has 3 nitrogen and oxygen atoms in total. The van der Waals surface area contributed by atoms with Gasteiger partial charge >= 0.3 is 6.18 Å². The molecule has 0 saturated carbocycles. The third kappa shape index (κ3) is 4.70. The average Bonchev–Trinajstić information content (AvgIpc) is 2.68. The van der Waals surface area contributed by atoms with E-state index < -0.39 is 11.7 Å². The molecule has 2 aliphatic rings. The lowest BCUT2D eigenvalue weighted by atomic mass is 9.80. The molecule has 2 saturated heterocycles. The van der Waals surface area contributed by atoms with E-state index in [1.807, 2.05) is 18.2 Å². The lowest BCUT2D eigenvalue weighted by molar-refractivity contribution is -0.138. The minimum Gasteiger partial charge on any atom is -0.378 e. The first-order valence-corrected chi connectivity index (χ1v) is 9.96. The smallest absolute Gasteiger partial charge is 0.378 e. The SMILES string of the molecule is O=C(Cc1cccc(C(F)(F)F)c1)C1CC2COCC(C1)N2Cc1ccccc1. The number of hydrogen-bond acceptors (Lipinski definition) is 3. The van der Waals surface area contributed by atoms with Gasteiger partial charge in [0.2, 0.25) is 0 Å². The second kappa shape index (κ2) is 8.28. The van der Waals surface area contributed by atoms with Crippen LogP contribution in [0.5, 0.6) is 0 Å². The van der Waals surface area contributed by atoms with Gasteiger partial charge in [-0.1, -0.05) is 48.5 Å². The summed E-state index contributed by atoms with van der Waals surface area (Å²) in [5.74, 6) is -0.101. The fourth-order valence-corrected chi connectivity index (χ4v) is 4.51. The molecule has 4 rings (SSSR count). The van der Waals surface area contributed by atoms with E-state index in [-0.39, 0.29) is 30.2 Å². The van der Waals surface area contributed by atoms with E-state index in [4.69, 9.17) is 4.74 Å². The standard InChI is InChI=1S/C23H24F3NO2/c24-23(25,26)19-8-4-7-17(9-19)10-22(28)18-11-20-14-29-15-21(12-18)27(20)13-16-5-2-1-3-6-16/h1-9,18,20-21H,10-15H2. The van der Waals surface area contributed by atoms with Crippen molar-refractivity contribution in [2.24, 2.45) is 5.92 Å². The highest BCUT2D eigenvalue weighted by Crippen LogP contribution is 2.34. The van der Waals surface area contributed by atoms with Gasteiger partial charge in [0.25, 0.3) is 0 Å². The van der Waals surface area contributed by atoms with Crippen molar-refractivity contribution in [1.29, 1.82) is 0 Å². The quantitative estimate of drug-likeness (QED) is 0.737. The summed E-state index contributed by atoms with van der Waals surface area (Å²) in [5.41, 5.74) is 0.960. The third-order valence-electron chi connectivity index (χ3n) is 5.97. The molecule has 2 fully saturated rings. The number of hydrogen-bond donors (Lipinski definition) is 0. The number of halogens is 3. The third-order valence-corrected chi connectivity index (χ3v) is 5.97. The van der Waals surface area contributed by atoms with Crippen molar-refractivity contribution in [3.05, 3.63) is 71.3 Å². The van der Waals surface area contributed by atoms with Crippen LogP contribution in [0.25, 0.3) is 0 Å². The summed E-state index contributed by atoms with van der Waals surface area (Å²) in [6.45, 7) is 2.02. The number of morpholine rings is 1. The number of benzene rings is 2. The van der Waals surface area contributed by atoms with Gasteiger partial charge in [-0.05, 0) is 30.0 Å². The molecule has 2 aromatic rings. The zero-order chi connectivity index (χ0) is 20.4. The van der Waals surface area contributed by atoms with E-state index in [0.29, 0.717) is 31.6 Å². The van der Waals surface area contributed by atoms with Crippen LogP contribution in [0.4, 0.5) is 13.2 Å². The normalized spacial score (nSPS) is 25.0. The molecule has 0 amide bonds. The van der Waals surface area contributed by atoms with Crippen molar-refractivity contribution in [2.45, 2.75) is 44.1 Å². The number of ether oxygens (including phenoxy) is 1. The zero-order valence-electron chi connectivity index (χ0n) is 16.1. The first-order chi connectivity index (χ1) is 13.9. The van der Waals surface area contributed by atoms with E-state index >= 15 is 0 Å².